The number of carbonyl (C=O) groups is 1. The Hall–Kier alpha value is -1.82. The summed E-state index contributed by atoms with van der Waals surface area (Å²) in [7, 11) is 0. The SMILES string of the molecule is CCC(C#N)(CC)NC(=O)c1ccccc1C. The zero-order valence-corrected chi connectivity index (χ0v) is 10.6. The molecule has 3 nitrogen and oxygen atoms in total. The lowest BCUT2D eigenvalue weighted by Gasteiger charge is -2.25. The minimum Gasteiger partial charge on any atom is -0.334 e. The molecule has 1 rings (SSSR count). The Kier molecular flexibility index (Phi) is 4.28. The number of hydrogen-bond donors (Lipinski definition) is 1. The van der Waals surface area contributed by atoms with Crippen LogP contribution in [0.1, 0.15) is 42.6 Å². The first-order chi connectivity index (χ1) is 8.08. The van der Waals surface area contributed by atoms with Crippen molar-refractivity contribution >= 4 is 5.91 Å². The molecule has 90 valence electrons. The van der Waals surface area contributed by atoms with Crippen molar-refractivity contribution in [2.24, 2.45) is 0 Å². The second kappa shape index (κ2) is 5.49. The highest BCUT2D eigenvalue weighted by Gasteiger charge is 2.28. The predicted molar refractivity (Wildman–Crippen MR) is 67.6 cm³/mol. The number of rotatable bonds is 4. The van der Waals surface area contributed by atoms with Gasteiger partial charge in [-0.2, -0.15) is 5.26 Å². The molecular weight excluding hydrogens is 212 g/mol. The van der Waals surface area contributed by atoms with Crippen molar-refractivity contribution in [3.05, 3.63) is 35.4 Å². The van der Waals surface area contributed by atoms with E-state index in [0.29, 0.717) is 18.4 Å². The molecule has 1 aromatic carbocycles. The quantitative estimate of drug-likeness (QED) is 0.864. The molecule has 1 aromatic rings. The molecule has 17 heavy (non-hydrogen) atoms. The van der Waals surface area contributed by atoms with Crippen LogP contribution in [0.15, 0.2) is 24.3 Å². The zero-order chi connectivity index (χ0) is 12.9. The van der Waals surface area contributed by atoms with E-state index in [1.807, 2.05) is 39.0 Å². The smallest absolute Gasteiger partial charge is 0.252 e. The first-order valence-corrected chi connectivity index (χ1v) is 5.88. The van der Waals surface area contributed by atoms with Crippen LogP contribution in [0.5, 0.6) is 0 Å². The van der Waals surface area contributed by atoms with Crippen LogP contribution in [0.3, 0.4) is 0 Å². The zero-order valence-electron chi connectivity index (χ0n) is 10.6. The maximum absolute atomic E-state index is 12.1. The Balaban J connectivity index is 2.94. The van der Waals surface area contributed by atoms with E-state index in [0.717, 1.165) is 5.56 Å². The van der Waals surface area contributed by atoms with Gasteiger partial charge in [-0.05, 0) is 31.4 Å². The number of nitriles is 1. The van der Waals surface area contributed by atoms with Crippen LogP contribution in [0.25, 0.3) is 0 Å². The van der Waals surface area contributed by atoms with Gasteiger partial charge in [-0.3, -0.25) is 4.79 Å². The van der Waals surface area contributed by atoms with Gasteiger partial charge in [0.2, 0.25) is 0 Å². The molecule has 0 aliphatic heterocycles. The summed E-state index contributed by atoms with van der Waals surface area (Å²) in [5, 5.41) is 12.0. The van der Waals surface area contributed by atoms with Crippen molar-refractivity contribution in [2.45, 2.75) is 39.2 Å². The number of amides is 1. The number of nitrogens with one attached hydrogen (secondary N) is 1. The molecule has 3 heteroatoms. The Bertz CT molecular complexity index is 442. The summed E-state index contributed by atoms with van der Waals surface area (Å²) in [5.74, 6) is -0.173. The average molecular weight is 230 g/mol. The van der Waals surface area contributed by atoms with Gasteiger partial charge in [0, 0.05) is 5.56 Å². The van der Waals surface area contributed by atoms with Gasteiger partial charge in [0.05, 0.1) is 6.07 Å². The normalized spacial score (nSPS) is 10.7. The summed E-state index contributed by atoms with van der Waals surface area (Å²) >= 11 is 0. The largest absolute Gasteiger partial charge is 0.334 e. The molecule has 0 saturated carbocycles. The highest BCUT2D eigenvalue weighted by atomic mass is 16.1. The topological polar surface area (TPSA) is 52.9 Å². The maximum Gasteiger partial charge on any atom is 0.252 e. The highest BCUT2D eigenvalue weighted by Crippen LogP contribution is 2.16. The van der Waals surface area contributed by atoms with Gasteiger partial charge in [0.1, 0.15) is 5.54 Å². The average Bonchev–Trinajstić information content (AvgIpc) is 2.36. The third-order valence-electron chi connectivity index (χ3n) is 3.16. The van der Waals surface area contributed by atoms with Gasteiger partial charge in [0.15, 0.2) is 0 Å². The molecule has 0 bridgehead atoms. The predicted octanol–water partition coefficient (Wildman–Crippen LogP) is 2.81. The monoisotopic (exact) mass is 230 g/mol. The van der Waals surface area contributed by atoms with E-state index in [2.05, 4.69) is 11.4 Å². The van der Waals surface area contributed by atoms with E-state index >= 15 is 0 Å². The summed E-state index contributed by atoms with van der Waals surface area (Å²) in [6.45, 7) is 5.70. The van der Waals surface area contributed by atoms with Crippen LogP contribution in [0.2, 0.25) is 0 Å². The van der Waals surface area contributed by atoms with Crippen molar-refractivity contribution in [3.63, 3.8) is 0 Å². The first-order valence-electron chi connectivity index (χ1n) is 5.88. The van der Waals surface area contributed by atoms with E-state index in [4.69, 9.17) is 0 Å². The molecule has 1 amide bonds. The molecule has 0 atom stereocenters. The van der Waals surface area contributed by atoms with Crippen molar-refractivity contribution < 1.29 is 4.79 Å². The van der Waals surface area contributed by atoms with Gasteiger partial charge in [-0.1, -0.05) is 32.0 Å². The molecule has 0 unspecified atom stereocenters. The van der Waals surface area contributed by atoms with Crippen LogP contribution in [-0.4, -0.2) is 11.4 Å². The lowest BCUT2D eigenvalue weighted by Crippen LogP contribution is -2.46. The third kappa shape index (κ3) is 2.85. The standard InChI is InChI=1S/C14H18N2O/c1-4-14(5-2,10-15)16-13(17)12-9-7-6-8-11(12)3/h6-9H,4-5H2,1-3H3,(H,16,17). The van der Waals surface area contributed by atoms with Crippen molar-refractivity contribution in [2.75, 3.05) is 0 Å². The van der Waals surface area contributed by atoms with Gasteiger partial charge in [-0.25, -0.2) is 0 Å². The number of aryl methyl sites for hydroxylation is 1. The van der Waals surface area contributed by atoms with Crippen molar-refractivity contribution in [1.82, 2.24) is 5.32 Å². The number of nitrogens with zero attached hydrogens (tertiary/aromatic N) is 1. The van der Waals surface area contributed by atoms with Crippen molar-refractivity contribution in [3.8, 4) is 6.07 Å². The second-order valence-corrected chi connectivity index (χ2v) is 4.17. The molecule has 0 radical (unpaired) electrons. The third-order valence-corrected chi connectivity index (χ3v) is 3.16. The lowest BCUT2D eigenvalue weighted by molar-refractivity contribution is 0.0915. The van der Waals surface area contributed by atoms with Gasteiger partial charge < -0.3 is 5.32 Å². The van der Waals surface area contributed by atoms with Crippen molar-refractivity contribution in [1.29, 1.82) is 5.26 Å². The van der Waals surface area contributed by atoms with Gasteiger partial charge in [0.25, 0.3) is 5.91 Å². The fourth-order valence-corrected chi connectivity index (χ4v) is 1.73. The molecular formula is C14H18N2O. The Morgan fingerprint density at radius 1 is 1.35 bits per heavy atom. The molecule has 1 N–H and O–H groups in total. The summed E-state index contributed by atoms with van der Waals surface area (Å²) in [6, 6.07) is 9.59. The Morgan fingerprint density at radius 2 is 1.94 bits per heavy atom. The van der Waals surface area contributed by atoms with E-state index in [1.54, 1.807) is 6.07 Å². The fraction of sp³-hybridized carbons (Fsp3) is 0.429. The number of hydrogen-bond acceptors (Lipinski definition) is 2. The maximum atomic E-state index is 12.1. The van der Waals surface area contributed by atoms with Crippen LogP contribution in [0, 0.1) is 18.3 Å². The molecule has 0 aliphatic carbocycles. The number of benzene rings is 1. The summed E-state index contributed by atoms with van der Waals surface area (Å²) in [5.41, 5.74) is 0.803. The molecule has 0 fully saturated rings. The molecule has 0 aromatic heterocycles. The van der Waals surface area contributed by atoms with Crippen LogP contribution in [-0.2, 0) is 0 Å². The van der Waals surface area contributed by atoms with Gasteiger partial charge >= 0.3 is 0 Å². The minimum atomic E-state index is -0.751. The Labute approximate surface area is 102 Å². The Morgan fingerprint density at radius 3 is 2.41 bits per heavy atom. The van der Waals surface area contributed by atoms with Gasteiger partial charge in [-0.15, -0.1) is 0 Å². The van der Waals surface area contributed by atoms with E-state index in [9.17, 15) is 10.1 Å². The number of carbonyl (C=O) groups excluding carboxylic acids is 1. The van der Waals surface area contributed by atoms with E-state index < -0.39 is 5.54 Å². The molecule has 0 spiro atoms. The van der Waals surface area contributed by atoms with E-state index in [1.165, 1.54) is 0 Å². The minimum absolute atomic E-state index is 0.173. The molecule has 0 saturated heterocycles. The van der Waals surface area contributed by atoms with Crippen LogP contribution < -0.4 is 5.32 Å². The second-order valence-electron chi connectivity index (χ2n) is 4.17. The lowest BCUT2D eigenvalue weighted by atomic mass is 9.94. The van der Waals surface area contributed by atoms with Crippen LogP contribution >= 0.6 is 0 Å². The van der Waals surface area contributed by atoms with E-state index in [-0.39, 0.29) is 5.91 Å². The first kappa shape index (κ1) is 13.2. The van der Waals surface area contributed by atoms with Crippen LogP contribution in [0.4, 0.5) is 0 Å². The molecule has 0 aliphatic rings. The summed E-state index contributed by atoms with van der Waals surface area (Å²) in [4.78, 5) is 12.1. The highest BCUT2D eigenvalue weighted by molar-refractivity contribution is 5.96. The summed E-state index contributed by atoms with van der Waals surface area (Å²) < 4.78 is 0. The summed E-state index contributed by atoms with van der Waals surface area (Å²) in [6.07, 6.45) is 1.22. The fourth-order valence-electron chi connectivity index (χ4n) is 1.73. The molecule has 0 heterocycles.